The molecule has 5 saturated carbocycles. The molecule has 15 atom stereocenters. The Morgan fingerprint density at radius 3 is 2.30 bits per heavy atom. The van der Waals surface area contributed by atoms with Crippen molar-refractivity contribution in [2.75, 3.05) is 48.1 Å². The zero-order chi connectivity index (χ0) is 33.0. The Bertz CT molecular complexity index is 1360. The molecule has 1 heterocycles. The maximum absolute atomic E-state index is 13.8. The van der Waals surface area contributed by atoms with Crippen molar-refractivity contribution in [2.45, 2.75) is 80.6 Å². The predicted octanol–water partition coefficient (Wildman–Crippen LogP) is 0.648. The van der Waals surface area contributed by atoms with Gasteiger partial charge in [-0.25, -0.2) is 4.79 Å². The highest BCUT2D eigenvalue weighted by molar-refractivity contribution is 5.89. The number of piperidine rings is 1. The Balaban J connectivity index is 1.53. The Hall–Kier alpha value is -2.16. The molecule has 254 valence electrons. The highest BCUT2D eigenvalue weighted by atomic mass is 16.6. The second kappa shape index (κ2) is 10.9. The summed E-state index contributed by atoms with van der Waals surface area (Å²) in [4.78, 5) is 29.3. The van der Waals surface area contributed by atoms with Crippen molar-refractivity contribution in [3.8, 4) is 0 Å². The average molecular weight is 646 g/mol. The number of carbonyl (C=O) groups excluding carboxylic acids is 2. The van der Waals surface area contributed by atoms with Gasteiger partial charge in [0, 0.05) is 83.0 Å². The van der Waals surface area contributed by atoms with Crippen LogP contribution in [0.2, 0.25) is 0 Å². The molecule has 6 aliphatic rings. The Labute approximate surface area is 269 Å². The van der Waals surface area contributed by atoms with Gasteiger partial charge in [0.15, 0.2) is 5.60 Å². The third-order valence-corrected chi connectivity index (χ3v) is 13.2. The molecule has 1 aromatic carbocycles. The van der Waals surface area contributed by atoms with E-state index in [2.05, 4.69) is 4.90 Å². The van der Waals surface area contributed by atoms with Gasteiger partial charge in [-0.05, 0) is 31.0 Å². The quantitative estimate of drug-likeness (QED) is 0.323. The first-order chi connectivity index (χ1) is 22.0. The van der Waals surface area contributed by atoms with Crippen molar-refractivity contribution in [2.24, 2.45) is 34.5 Å². The fraction of sp³-hybridized carbons (Fsp3) is 0.765. The van der Waals surface area contributed by atoms with Gasteiger partial charge >= 0.3 is 11.9 Å². The minimum absolute atomic E-state index is 0.0791. The predicted molar refractivity (Wildman–Crippen MR) is 160 cm³/mol. The van der Waals surface area contributed by atoms with Crippen LogP contribution >= 0.6 is 0 Å². The first-order valence-corrected chi connectivity index (χ1v) is 16.3. The summed E-state index contributed by atoms with van der Waals surface area (Å²) in [5.41, 5.74) is -4.79. The number of aliphatic hydroxyl groups is 3. The van der Waals surface area contributed by atoms with Gasteiger partial charge in [0.1, 0.15) is 23.9 Å². The van der Waals surface area contributed by atoms with Crippen LogP contribution < -0.4 is 0 Å². The summed E-state index contributed by atoms with van der Waals surface area (Å²) in [7, 11) is 6.27. The summed E-state index contributed by atoms with van der Waals surface area (Å²) in [6.45, 7) is 4.68. The van der Waals surface area contributed by atoms with E-state index in [1.165, 1.54) is 14.0 Å². The molecule has 46 heavy (non-hydrogen) atoms. The standard InChI is InChI=1S/C34H47NO11/c1-7-35-15-31(16-41-3)20(37)13-21(42-4)33-19-14-32(40)28(45-30(39)18-11-9-8-10-12-18)22(19)34(46-17(2)36,27(38)29(32)44-6)23(26(33)35)24(43-5)25(31)33/h8-12,19-29,37-38,40H,7,13-16H2,1-6H3/t19-,20-,21-,22-,23?,24+,25?,26-,27+,28-,29+,31+,32+,33?,34-/m1/s1. The Kier molecular flexibility index (Phi) is 7.69. The average Bonchev–Trinajstić information content (AvgIpc) is 3.41. The molecule has 3 N–H and O–H groups in total. The van der Waals surface area contributed by atoms with Crippen LogP contribution in [0.1, 0.15) is 37.0 Å². The molecule has 12 heteroatoms. The van der Waals surface area contributed by atoms with Crippen molar-refractivity contribution < 1.29 is 53.3 Å². The van der Waals surface area contributed by atoms with Gasteiger partial charge in [-0.3, -0.25) is 9.69 Å². The number of hydrogen-bond donors (Lipinski definition) is 3. The summed E-state index contributed by atoms with van der Waals surface area (Å²) < 4.78 is 37.4. The number of carbonyl (C=O) groups is 2. The molecule has 1 spiro atoms. The molecule has 1 aliphatic heterocycles. The minimum Gasteiger partial charge on any atom is -0.455 e. The number of aliphatic hydroxyl groups excluding tert-OH is 2. The first-order valence-electron chi connectivity index (χ1n) is 16.3. The van der Waals surface area contributed by atoms with Gasteiger partial charge in [0.25, 0.3) is 0 Å². The molecule has 0 amide bonds. The van der Waals surface area contributed by atoms with E-state index in [-0.39, 0.29) is 25.0 Å². The van der Waals surface area contributed by atoms with E-state index in [9.17, 15) is 24.9 Å². The summed E-state index contributed by atoms with van der Waals surface area (Å²) in [5, 5.41) is 37.3. The number of hydrogen-bond acceptors (Lipinski definition) is 12. The lowest BCUT2D eigenvalue weighted by molar-refractivity contribution is -0.322. The number of nitrogens with zero attached hydrogens (tertiary/aromatic N) is 1. The molecule has 7 rings (SSSR count). The highest BCUT2D eigenvalue weighted by Gasteiger charge is 2.92. The summed E-state index contributed by atoms with van der Waals surface area (Å²) >= 11 is 0. The SMILES string of the molecule is CCN1C[C@@]2(COC)C3[C@@H](OC)C4[C@@H]1C3([C@@H]1C[C@]3(O)[C@H](OC(=O)c5ccccc5)[C@@H]1[C@]4(OC(C)=O)[C@@H](O)[C@@H]3OC)[C@H](OC)C[C@H]2O. The van der Waals surface area contributed by atoms with Gasteiger partial charge in [-0.1, -0.05) is 25.1 Å². The second-order valence-electron chi connectivity index (χ2n) is 14.4. The van der Waals surface area contributed by atoms with E-state index < -0.39 is 88.3 Å². The third kappa shape index (κ3) is 3.62. The van der Waals surface area contributed by atoms with Crippen LogP contribution in [0.25, 0.3) is 0 Å². The number of ether oxygens (including phenoxy) is 6. The molecule has 6 fully saturated rings. The number of rotatable bonds is 9. The number of fused-ring (bicyclic) bond motifs is 2. The van der Waals surface area contributed by atoms with E-state index in [1.54, 1.807) is 51.7 Å². The number of likely N-dealkylation sites (tertiary alicyclic amines) is 1. The van der Waals surface area contributed by atoms with Crippen molar-refractivity contribution >= 4 is 11.9 Å². The molecule has 12 nitrogen and oxygen atoms in total. The molecule has 0 aromatic heterocycles. The van der Waals surface area contributed by atoms with Crippen molar-refractivity contribution in [3.05, 3.63) is 35.9 Å². The zero-order valence-corrected chi connectivity index (χ0v) is 27.3. The molecule has 1 saturated heterocycles. The normalized spacial score (nSPS) is 49.9. The topological polar surface area (TPSA) is 153 Å². The van der Waals surface area contributed by atoms with Crippen LogP contribution in [0.3, 0.4) is 0 Å². The van der Waals surface area contributed by atoms with Gasteiger partial charge in [-0.2, -0.15) is 0 Å². The van der Waals surface area contributed by atoms with E-state index in [4.69, 9.17) is 28.4 Å². The molecular weight excluding hydrogens is 598 g/mol. The van der Waals surface area contributed by atoms with E-state index in [0.717, 1.165) is 0 Å². The summed E-state index contributed by atoms with van der Waals surface area (Å²) in [5.74, 6) is -3.65. The summed E-state index contributed by atoms with van der Waals surface area (Å²) in [6, 6.07) is 8.18. The second-order valence-corrected chi connectivity index (χ2v) is 14.4. The van der Waals surface area contributed by atoms with E-state index in [1.807, 2.05) is 6.92 Å². The van der Waals surface area contributed by atoms with Gasteiger partial charge in [0.2, 0.25) is 0 Å². The maximum Gasteiger partial charge on any atom is 0.338 e. The van der Waals surface area contributed by atoms with Crippen LogP contribution in [0, 0.1) is 34.5 Å². The lowest BCUT2D eigenvalue weighted by Gasteiger charge is -2.70. The van der Waals surface area contributed by atoms with Crippen LogP contribution in [0.15, 0.2) is 30.3 Å². The molecule has 1 aromatic rings. The third-order valence-electron chi connectivity index (χ3n) is 13.2. The fourth-order valence-electron chi connectivity index (χ4n) is 12.3. The smallest absolute Gasteiger partial charge is 0.338 e. The lowest BCUT2D eigenvalue weighted by atomic mass is 9.42. The maximum atomic E-state index is 13.8. The lowest BCUT2D eigenvalue weighted by Crippen LogP contribution is -2.81. The van der Waals surface area contributed by atoms with E-state index >= 15 is 0 Å². The Morgan fingerprint density at radius 2 is 1.72 bits per heavy atom. The number of benzene rings is 1. The first kappa shape index (κ1) is 32.4. The molecule has 7 bridgehead atoms. The van der Waals surface area contributed by atoms with Crippen LogP contribution in [0.4, 0.5) is 0 Å². The zero-order valence-electron chi connectivity index (χ0n) is 27.3. The van der Waals surface area contributed by atoms with Gasteiger partial charge in [0.05, 0.1) is 30.5 Å². The van der Waals surface area contributed by atoms with Crippen molar-refractivity contribution in [3.63, 3.8) is 0 Å². The van der Waals surface area contributed by atoms with E-state index in [0.29, 0.717) is 25.1 Å². The number of methoxy groups -OCH3 is 4. The molecular formula is C34H47NO11. The van der Waals surface area contributed by atoms with Crippen LogP contribution in [-0.4, -0.2) is 134 Å². The Morgan fingerprint density at radius 1 is 1.00 bits per heavy atom. The van der Waals surface area contributed by atoms with Crippen molar-refractivity contribution in [1.29, 1.82) is 0 Å². The van der Waals surface area contributed by atoms with Crippen LogP contribution in [-0.2, 0) is 33.2 Å². The molecule has 5 aliphatic carbocycles. The highest BCUT2D eigenvalue weighted by Crippen LogP contribution is 2.80. The molecule has 3 unspecified atom stereocenters. The monoisotopic (exact) mass is 645 g/mol. The molecule has 0 radical (unpaired) electrons. The minimum atomic E-state index is -1.83. The fourth-order valence-corrected chi connectivity index (χ4v) is 12.3. The van der Waals surface area contributed by atoms with Crippen LogP contribution in [0.5, 0.6) is 0 Å². The number of esters is 2. The largest absolute Gasteiger partial charge is 0.455 e. The van der Waals surface area contributed by atoms with Crippen molar-refractivity contribution in [1.82, 2.24) is 4.90 Å². The van der Waals surface area contributed by atoms with Gasteiger partial charge in [-0.15, -0.1) is 0 Å². The summed E-state index contributed by atoms with van der Waals surface area (Å²) in [6.07, 6.45) is -5.49. The van der Waals surface area contributed by atoms with Gasteiger partial charge < -0.3 is 43.7 Å².